The van der Waals surface area contributed by atoms with Gasteiger partial charge in [-0.1, -0.05) is 32.9 Å². The summed E-state index contributed by atoms with van der Waals surface area (Å²) in [5, 5.41) is 2.62. The van der Waals surface area contributed by atoms with Crippen LogP contribution in [0.25, 0.3) is 0 Å². The van der Waals surface area contributed by atoms with E-state index in [0.717, 1.165) is 5.56 Å². The Morgan fingerprint density at radius 2 is 1.42 bits per heavy atom. The summed E-state index contributed by atoms with van der Waals surface area (Å²) in [7, 11) is -3.66. The second kappa shape index (κ2) is 8.80. The zero-order valence-corrected chi connectivity index (χ0v) is 19.2. The lowest BCUT2D eigenvalue weighted by Gasteiger charge is -2.34. The van der Waals surface area contributed by atoms with Crippen LogP contribution in [0.3, 0.4) is 0 Å². The fourth-order valence-corrected chi connectivity index (χ4v) is 4.91. The molecule has 0 aliphatic carbocycles. The highest BCUT2D eigenvalue weighted by Crippen LogP contribution is 2.23. The van der Waals surface area contributed by atoms with Crippen LogP contribution in [0.2, 0.25) is 0 Å². The van der Waals surface area contributed by atoms with Gasteiger partial charge in [-0.25, -0.2) is 8.42 Å². The Bertz CT molecular complexity index is 1050. The minimum atomic E-state index is -3.66. The first kappa shape index (κ1) is 23.0. The van der Waals surface area contributed by atoms with E-state index in [-0.39, 0.29) is 35.2 Å². The van der Waals surface area contributed by atoms with E-state index in [9.17, 15) is 18.0 Å². The van der Waals surface area contributed by atoms with E-state index in [4.69, 9.17) is 0 Å². The SMILES string of the molecule is CC(=O)Nc1ccc(S(=O)(=O)N2CCN(C(=O)c3ccc(C(C)(C)C)cc3)CC2)cc1. The molecule has 31 heavy (non-hydrogen) atoms. The van der Waals surface area contributed by atoms with Crippen LogP contribution in [-0.4, -0.2) is 55.6 Å². The van der Waals surface area contributed by atoms with Crippen molar-refractivity contribution < 1.29 is 18.0 Å². The van der Waals surface area contributed by atoms with Gasteiger partial charge in [-0.2, -0.15) is 4.31 Å². The molecule has 0 unspecified atom stereocenters. The minimum Gasteiger partial charge on any atom is -0.336 e. The molecule has 1 aliphatic rings. The van der Waals surface area contributed by atoms with E-state index in [1.165, 1.54) is 23.4 Å². The standard InChI is InChI=1S/C23H29N3O4S/c1-17(27)24-20-9-11-21(12-10-20)31(29,30)26-15-13-25(14-16-26)22(28)18-5-7-19(8-6-18)23(2,3)4/h5-12H,13-16H2,1-4H3,(H,24,27). The number of amides is 2. The van der Waals surface area contributed by atoms with Crippen molar-refractivity contribution in [1.29, 1.82) is 0 Å². The van der Waals surface area contributed by atoms with Crippen LogP contribution < -0.4 is 5.32 Å². The van der Waals surface area contributed by atoms with Gasteiger partial charge in [0.25, 0.3) is 5.91 Å². The molecular formula is C23H29N3O4S. The molecule has 2 aromatic rings. The Hall–Kier alpha value is -2.71. The Morgan fingerprint density at radius 1 is 0.871 bits per heavy atom. The fourth-order valence-electron chi connectivity index (χ4n) is 3.49. The van der Waals surface area contributed by atoms with E-state index in [1.54, 1.807) is 17.0 Å². The van der Waals surface area contributed by atoms with Crippen LogP contribution in [0.1, 0.15) is 43.6 Å². The first-order chi connectivity index (χ1) is 14.5. The van der Waals surface area contributed by atoms with E-state index >= 15 is 0 Å². The molecule has 166 valence electrons. The maximum Gasteiger partial charge on any atom is 0.253 e. The second-order valence-corrected chi connectivity index (χ2v) is 10.7. The van der Waals surface area contributed by atoms with Gasteiger partial charge >= 0.3 is 0 Å². The quantitative estimate of drug-likeness (QED) is 0.787. The molecule has 1 heterocycles. The van der Waals surface area contributed by atoms with Crippen molar-refractivity contribution in [2.45, 2.75) is 38.0 Å². The summed E-state index contributed by atoms with van der Waals surface area (Å²) in [6.07, 6.45) is 0. The minimum absolute atomic E-state index is 0.0158. The number of carbonyl (C=O) groups is 2. The summed E-state index contributed by atoms with van der Waals surface area (Å²) < 4.78 is 27.3. The summed E-state index contributed by atoms with van der Waals surface area (Å²) >= 11 is 0. The molecular weight excluding hydrogens is 414 g/mol. The predicted molar refractivity (Wildman–Crippen MR) is 121 cm³/mol. The molecule has 7 nitrogen and oxygen atoms in total. The summed E-state index contributed by atoms with van der Waals surface area (Å²) in [6.45, 7) is 8.91. The number of nitrogens with one attached hydrogen (secondary N) is 1. The zero-order chi connectivity index (χ0) is 22.8. The number of nitrogens with zero attached hydrogens (tertiary/aromatic N) is 2. The smallest absolute Gasteiger partial charge is 0.253 e. The maximum absolute atomic E-state index is 12.9. The summed E-state index contributed by atoms with van der Waals surface area (Å²) in [5.41, 5.74) is 2.32. The Morgan fingerprint density at radius 3 is 1.90 bits per heavy atom. The Kier molecular flexibility index (Phi) is 6.52. The Labute approximate surface area is 184 Å². The predicted octanol–water partition coefficient (Wildman–Crippen LogP) is 3.09. The molecule has 0 saturated carbocycles. The van der Waals surface area contributed by atoms with Crippen molar-refractivity contribution in [3.63, 3.8) is 0 Å². The average Bonchev–Trinajstić information content (AvgIpc) is 2.73. The number of carbonyl (C=O) groups excluding carboxylic acids is 2. The molecule has 0 bridgehead atoms. The van der Waals surface area contributed by atoms with E-state index in [0.29, 0.717) is 24.3 Å². The molecule has 0 aromatic heterocycles. The van der Waals surface area contributed by atoms with Gasteiger partial charge in [0.15, 0.2) is 0 Å². The molecule has 2 aromatic carbocycles. The fraction of sp³-hybridized carbons (Fsp3) is 0.391. The molecule has 8 heteroatoms. The highest BCUT2D eigenvalue weighted by atomic mass is 32.2. The molecule has 1 fully saturated rings. The van der Waals surface area contributed by atoms with Crippen molar-refractivity contribution in [3.8, 4) is 0 Å². The Balaban J connectivity index is 1.64. The van der Waals surface area contributed by atoms with Crippen molar-refractivity contribution in [1.82, 2.24) is 9.21 Å². The average molecular weight is 444 g/mol. The lowest BCUT2D eigenvalue weighted by atomic mass is 9.86. The van der Waals surface area contributed by atoms with Gasteiger partial charge in [-0.05, 0) is 47.4 Å². The molecule has 0 spiro atoms. The largest absolute Gasteiger partial charge is 0.336 e. The van der Waals surface area contributed by atoms with Gasteiger partial charge in [-0.15, -0.1) is 0 Å². The molecule has 0 radical (unpaired) electrons. The van der Waals surface area contributed by atoms with Gasteiger partial charge in [0.05, 0.1) is 4.90 Å². The molecule has 3 rings (SSSR count). The van der Waals surface area contributed by atoms with Crippen LogP contribution in [0, 0.1) is 0 Å². The number of hydrogen-bond donors (Lipinski definition) is 1. The maximum atomic E-state index is 12.9. The van der Waals surface area contributed by atoms with Crippen molar-refractivity contribution in [3.05, 3.63) is 59.7 Å². The lowest BCUT2D eigenvalue weighted by molar-refractivity contribution is -0.114. The highest BCUT2D eigenvalue weighted by Gasteiger charge is 2.30. The van der Waals surface area contributed by atoms with Crippen LogP contribution in [0.4, 0.5) is 5.69 Å². The summed E-state index contributed by atoms with van der Waals surface area (Å²) in [6, 6.07) is 13.7. The van der Waals surface area contributed by atoms with Crippen LogP contribution in [0.5, 0.6) is 0 Å². The van der Waals surface area contributed by atoms with Crippen molar-refractivity contribution >= 4 is 27.5 Å². The number of rotatable bonds is 4. The second-order valence-electron chi connectivity index (χ2n) is 8.73. The molecule has 1 aliphatic heterocycles. The van der Waals surface area contributed by atoms with E-state index < -0.39 is 10.0 Å². The summed E-state index contributed by atoms with van der Waals surface area (Å²) in [5.74, 6) is -0.304. The third-order valence-electron chi connectivity index (χ3n) is 5.34. The first-order valence-corrected chi connectivity index (χ1v) is 11.7. The van der Waals surface area contributed by atoms with Gasteiger partial charge in [0, 0.05) is 44.4 Å². The highest BCUT2D eigenvalue weighted by molar-refractivity contribution is 7.89. The topological polar surface area (TPSA) is 86.8 Å². The molecule has 2 amide bonds. The number of sulfonamides is 1. The van der Waals surface area contributed by atoms with Crippen molar-refractivity contribution in [2.75, 3.05) is 31.5 Å². The normalized spacial score (nSPS) is 15.5. The van der Waals surface area contributed by atoms with Crippen LogP contribution >= 0.6 is 0 Å². The monoisotopic (exact) mass is 443 g/mol. The third-order valence-corrected chi connectivity index (χ3v) is 7.25. The van der Waals surface area contributed by atoms with Crippen molar-refractivity contribution in [2.24, 2.45) is 0 Å². The van der Waals surface area contributed by atoms with Crippen LogP contribution in [0.15, 0.2) is 53.4 Å². The molecule has 1 saturated heterocycles. The molecule has 0 atom stereocenters. The van der Waals surface area contributed by atoms with Gasteiger partial charge in [0.1, 0.15) is 0 Å². The van der Waals surface area contributed by atoms with E-state index in [2.05, 4.69) is 26.1 Å². The number of hydrogen-bond acceptors (Lipinski definition) is 4. The third kappa shape index (κ3) is 5.32. The summed E-state index contributed by atoms with van der Waals surface area (Å²) in [4.78, 5) is 25.8. The number of piperazine rings is 1. The first-order valence-electron chi connectivity index (χ1n) is 10.3. The number of benzene rings is 2. The zero-order valence-electron chi connectivity index (χ0n) is 18.4. The number of anilines is 1. The lowest BCUT2D eigenvalue weighted by Crippen LogP contribution is -2.50. The van der Waals surface area contributed by atoms with E-state index in [1.807, 2.05) is 24.3 Å². The van der Waals surface area contributed by atoms with Gasteiger partial charge in [0.2, 0.25) is 15.9 Å². The molecule has 1 N–H and O–H groups in total. The van der Waals surface area contributed by atoms with Gasteiger partial charge < -0.3 is 10.2 Å². The van der Waals surface area contributed by atoms with Crippen LogP contribution in [-0.2, 0) is 20.2 Å². The van der Waals surface area contributed by atoms with Gasteiger partial charge in [-0.3, -0.25) is 9.59 Å².